The minimum absolute atomic E-state index is 0.0645. The van der Waals surface area contributed by atoms with Crippen LogP contribution < -0.4 is 0 Å². The van der Waals surface area contributed by atoms with Gasteiger partial charge in [0.25, 0.3) is 0 Å². The molecule has 2 atom stereocenters. The highest BCUT2D eigenvalue weighted by Gasteiger charge is 2.51. The van der Waals surface area contributed by atoms with E-state index in [1.54, 1.807) is 0 Å². The molecule has 0 N–H and O–H groups in total. The molecule has 2 nitrogen and oxygen atoms in total. The summed E-state index contributed by atoms with van der Waals surface area (Å²) in [5, 5.41) is 0. The fourth-order valence-electron chi connectivity index (χ4n) is 3.65. The standard InChI is InChI=1S/C19H32O2/c1-11(2)15-9-17-18(10-16(15)12(3)4)21-19(20-17,13(5)6)14(7)8/h9-14,17-18H,1-8H3. The smallest absolute Gasteiger partial charge is 0.174 e. The van der Waals surface area contributed by atoms with E-state index < -0.39 is 5.79 Å². The highest BCUT2D eigenvalue weighted by Crippen LogP contribution is 2.45. The van der Waals surface area contributed by atoms with E-state index in [-0.39, 0.29) is 12.2 Å². The predicted molar refractivity (Wildman–Crippen MR) is 88.0 cm³/mol. The third-order valence-corrected chi connectivity index (χ3v) is 4.84. The summed E-state index contributed by atoms with van der Waals surface area (Å²) in [6.45, 7) is 17.8. The van der Waals surface area contributed by atoms with E-state index in [4.69, 9.17) is 9.47 Å². The monoisotopic (exact) mass is 292 g/mol. The van der Waals surface area contributed by atoms with E-state index in [0.29, 0.717) is 23.7 Å². The van der Waals surface area contributed by atoms with Crippen molar-refractivity contribution in [3.63, 3.8) is 0 Å². The molecule has 2 unspecified atom stereocenters. The van der Waals surface area contributed by atoms with Crippen LogP contribution in [0.25, 0.3) is 0 Å². The second-order valence-corrected chi connectivity index (χ2v) is 7.75. The molecule has 0 aromatic rings. The quantitative estimate of drug-likeness (QED) is 0.729. The Labute approximate surface area is 130 Å². The topological polar surface area (TPSA) is 18.5 Å². The van der Waals surface area contributed by atoms with Crippen molar-refractivity contribution < 1.29 is 9.47 Å². The highest BCUT2D eigenvalue weighted by molar-refractivity contribution is 5.40. The first-order valence-corrected chi connectivity index (χ1v) is 8.48. The molecule has 120 valence electrons. The molecule has 1 fully saturated rings. The molecular weight excluding hydrogens is 260 g/mol. The van der Waals surface area contributed by atoms with Crippen molar-refractivity contribution in [3.05, 3.63) is 23.3 Å². The molecule has 0 aromatic carbocycles. The molecule has 0 bridgehead atoms. The molecular formula is C19H32O2. The van der Waals surface area contributed by atoms with Crippen LogP contribution in [-0.2, 0) is 9.47 Å². The molecule has 0 aromatic heterocycles. The Hall–Kier alpha value is -0.600. The molecule has 2 rings (SSSR count). The maximum atomic E-state index is 6.44. The van der Waals surface area contributed by atoms with Crippen molar-refractivity contribution in [2.24, 2.45) is 23.7 Å². The normalized spacial score (nSPS) is 28.4. The van der Waals surface area contributed by atoms with E-state index in [9.17, 15) is 0 Å². The Morgan fingerprint density at radius 2 is 1.05 bits per heavy atom. The zero-order valence-electron chi connectivity index (χ0n) is 14.9. The molecule has 0 saturated carbocycles. The van der Waals surface area contributed by atoms with Crippen LogP contribution in [0.15, 0.2) is 23.3 Å². The van der Waals surface area contributed by atoms with Crippen LogP contribution >= 0.6 is 0 Å². The average Bonchev–Trinajstić information content (AvgIpc) is 2.76. The van der Waals surface area contributed by atoms with E-state index in [2.05, 4.69) is 67.5 Å². The summed E-state index contributed by atoms with van der Waals surface area (Å²) in [5.74, 6) is 1.27. The molecule has 1 aliphatic carbocycles. The van der Waals surface area contributed by atoms with E-state index in [0.717, 1.165) is 0 Å². The van der Waals surface area contributed by atoms with Crippen LogP contribution in [0.2, 0.25) is 0 Å². The zero-order valence-corrected chi connectivity index (χ0v) is 14.9. The highest BCUT2D eigenvalue weighted by atomic mass is 16.8. The number of rotatable bonds is 4. The van der Waals surface area contributed by atoms with Crippen LogP contribution in [-0.4, -0.2) is 18.0 Å². The van der Waals surface area contributed by atoms with Gasteiger partial charge in [-0.25, -0.2) is 0 Å². The first-order valence-electron chi connectivity index (χ1n) is 8.48. The number of ether oxygens (including phenoxy) is 2. The van der Waals surface area contributed by atoms with Crippen molar-refractivity contribution >= 4 is 0 Å². The van der Waals surface area contributed by atoms with E-state index >= 15 is 0 Å². The number of allylic oxidation sites excluding steroid dienone is 2. The number of fused-ring (bicyclic) bond motifs is 1. The summed E-state index contributed by atoms with van der Waals surface area (Å²) in [6.07, 6.45) is 4.76. The molecule has 0 spiro atoms. The van der Waals surface area contributed by atoms with Crippen molar-refractivity contribution in [3.8, 4) is 0 Å². The lowest BCUT2D eigenvalue weighted by molar-refractivity contribution is -0.226. The average molecular weight is 292 g/mol. The molecule has 1 saturated heterocycles. The largest absolute Gasteiger partial charge is 0.339 e. The first-order chi connectivity index (χ1) is 9.69. The van der Waals surface area contributed by atoms with Crippen molar-refractivity contribution in [2.75, 3.05) is 0 Å². The fourth-order valence-corrected chi connectivity index (χ4v) is 3.65. The van der Waals surface area contributed by atoms with Crippen molar-refractivity contribution in [1.29, 1.82) is 0 Å². The van der Waals surface area contributed by atoms with Crippen molar-refractivity contribution in [2.45, 2.75) is 73.4 Å². The van der Waals surface area contributed by atoms with Crippen LogP contribution in [0.5, 0.6) is 0 Å². The summed E-state index contributed by atoms with van der Waals surface area (Å²) in [7, 11) is 0. The maximum absolute atomic E-state index is 6.44. The van der Waals surface area contributed by atoms with Gasteiger partial charge in [0.2, 0.25) is 0 Å². The van der Waals surface area contributed by atoms with Gasteiger partial charge < -0.3 is 9.47 Å². The summed E-state index contributed by atoms with van der Waals surface area (Å²) in [4.78, 5) is 0. The van der Waals surface area contributed by atoms with Gasteiger partial charge in [0.15, 0.2) is 5.79 Å². The van der Waals surface area contributed by atoms with Gasteiger partial charge in [-0.15, -0.1) is 0 Å². The Morgan fingerprint density at radius 1 is 0.714 bits per heavy atom. The zero-order chi connectivity index (χ0) is 15.9. The minimum atomic E-state index is -0.461. The van der Waals surface area contributed by atoms with E-state index in [1.807, 2.05) is 0 Å². The summed E-state index contributed by atoms with van der Waals surface area (Å²) >= 11 is 0. The second-order valence-electron chi connectivity index (χ2n) is 7.75. The maximum Gasteiger partial charge on any atom is 0.174 e. The van der Waals surface area contributed by atoms with Gasteiger partial charge in [-0.1, -0.05) is 55.4 Å². The van der Waals surface area contributed by atoms with Crippen LogP contribution in [0.4, 0.5) is 0 Å². The molecule has 0 radical (unpaired) electrons. The van der Waals surface area contributed by atoms with Crippen LogP contribution in [0, 0.1) is 23.7 Å². The van der Waals surface area contributed by atoms with Gasteiger partial charge in [-0.2, -0.15) is 0 Å². The Kier molecular flexibility index (Phi) is 4.70. The number of hydrogen-bond donors (Lipinski definition) is 0. The molecule has 2 heteroatoms. The minimum Gasteiger partial charge on any atom is -0.339 e. The molecule has 21 heavy (non-hydrogen) atoms. The molecule has 1 aliphatic heterocycles. The third kappa shape index (κ3) is 2.85. The fraction of sp³-hybridized carbons (Fsp3) is 0.789. The summed E-state index contributed by atoms with van der Waals surface area (Å²) < 4.78 is 12.9. The van der Waals surface area contributed by atoms with Gasteiger partial charge in [0, 0.05) is 11.8 Å². The summed E-state index contributed by atoms with van der Waals surface area (Å²) in [5.41, 5.74) is 2.86. The predicted octanol–water partition coefficient (Wildman–Crippen LogP) is 4.96. The van der Waals surface area contributed by atoms with Gasteiger partial charge in [-0.3, -0.25) is 0 Å². The molecule has 2 aliphatic rings. The van der Waals surface area contributed by atoms with Crippen LogP contribution in [0.1, 0.15) is 55.4 Å². The van der Waals surface area contributed by atoms with Gasteiger partial charge in [0.1, 0.15) is 12.2 Å². The van der Waals surface area contributed by atoms with E-state index in [1.165, 1.54) is 11.1 Å². The van der Waals surface area contributed by atoms with Crippen molar-refractivity contribution in [1.82, 2.24) is 0 Å². The summed E-state index contributed by atoms with van der Waals surface area (Å²) in [6, 6.07) is 0. The first kappa shape index (κ1) is 16.8. The van der Waals surface area contributed by atoms with Gasteiger partial charge >= 0.3 is 0 Å². The second kappa shape index (κ2) is 5.89. The Morgan fingerprint density at radius 3 is 1.29 bits per heavy atom. The Bertz CT molecular complexity index is 398. The SMILES string of the molecule is CC(C)C1=CC2OC(C(C)C)(C(C)C)OC2C=C1C(C)C. The Balaban J connectivity index is 2.37. The lowest BCUT2D eigenvalue weighted by Gasteiger charge is -2.35. The van der Waals surface area contributed by atoms with Gasteiger partial charge in [-0.05, 0) is 35.1 Å². The lowest BCUT2D eigenvalue weighted by atomic mass is 9.82. The molecule has 0 amide bonds. The van der Waals surface area contributed by atoms with Crippen LogP contribution in [0.3, 0.4) is 0 Å². The molecule has 1 heterocycles. The third-order valence-electron chi connectivity index (χ3n) is 4.84. The van der Waals surface area contributed by atoms with Gasteiger partial charge in [0.05, 0.1) is 0 Å². The number of hydrogen-bond acceptors (Lipinski definition) is 2. The lowest BCUT2D eigenvalue weighted by Crippen LogP contribution is -2.42.